The number of likely N-dealkylation sites (N-methyl/N-ethyl adjacent to an activating group) is 1. The zero-order valence-electron chi connectivity index (χ0n) is 15.4. The van der Waals surface area contributed by atoms with Crippen LogP contribution in [0.4, 0.5) is 0 Å². The standard InChI is InChI=1S/C21H25ClN2O2/c1-15(2)21(26)24(14-17-9-11-18(22)12-10-17)19(20(25)23-3)13-16-7-5-4-6-8-16/h4-12,15,19H,13-14H2,1-3H3,(H,23,25). The van der Waals surface area contributed by atoms with Crippen LogP contribution >= 0.6 is 11.6 Å². The lowest BCUT2D eigenvalue weighted by Gasteiger charge is -2.32. The maximum Gasteiger partial charge on any atom is 0.242 e. The third-order valence-corrected chi connectivity index (χ3v) is 4.49. The molecule has 1 N–H and O–H groups in total. The molecule has 5 heteroatoms. The third-order valence-electron chi connectivity index (χ3n) is 4.24. The maximum absolute atomic E-state index is 12.9. The normalized spacial score (nSPS) is 11.9. The van der Waals surface area contributed by atoms with Crippen molar-refractivity contribution in [1.82, 2.24) is 10.2 Å². The minimum atomic E-state index is -0.576. The first-order chi connectivity index (χ1) is 12.4. The number of carbonyl (C=O) groups excluding carboxylic acids is 2. The number of benzene rings is 2. The number of nitrogens with one attached hydrogen (secondary N) is 1. The van der Waals surface area contributed by atoms with E-state index < -0.39 is 6.04 Å². The second-order valence-electron chi connectivity index (χ2n) is 6.57. The molecule has 1 unspecified atom stereocenters. The summed E-state index contributed by atoms with van der Waals surface area (Å²) in [6.45, 7) is 4.06. The summed E-state index contributed by atoms with van der Waals surface area (Å²) in [6.07, 6.45) is 0.465. The van der Waals surface area contributed by atoms with Crippen LogP contribution in [0.1, 0.15) is 25.0 Å². The van der Waals surface area contributed by atoms with Crippen molar-refractivity contribution in [3.63, 3.8) is 0 Å². The van der Waals surface area contributed by atoms with E-state index >= 15 is 0 Å². The minimum Gasteiger partial charge on any atom is -0.357 e. The number of rotatable bonds is 7. The van der Waals surface area contributed by atoms with Crippen molar-refractivity contribution in [2.45, 2.75) is 32.9 Å². The molecule has 4 nitrogen and oxygen atoms in total. The van der Waals surface area contributed by atoms with Crippen molar-refractivity contribution in [2.75, 3.05) is 7.05 Å². The van der Waals surface area contributed by atoms with Crippen molar-refractivity contribution in [3.05, 3.63) is 70.7 Å². The SMILES string of the molecule is CNC(=O)C(Cc1ccccc1)N(Cc1ccc(Cl)cc1)C(=O)C(C)C. The van der Waals surface area contributed by atoms with Gasteiger partial charge in [0.25, 0.3) is 0 Å². The number of halogens is 1. The number of nitrogens with zero attached hydrogens (tertiary/aromatic N) is 1. The van der Waals surface area contributed by atoms with E-state index in [-0.39, 0.29) is 17.7 Å². The zero-order chi connectivity index (χ0) is 19.1. The van der Waals surface area contributed by atoms with Gasteiger partial charge in [0.1, 0.15) is 6.04 Å². The van der Waals surface area contributed by atoms with E-state index in [4.69, 9.17) is 11.6 Å². The molecule has 138 valence electrons. The van der Waals surface area contributed by atoms with Crippen LogP contribution in [0.15, 0.2) is 54.6 Å². The largest absolute Gasteiger partial charge is 0.357 e. The van der Waals surface area contributed by atoms with E-state index in [9.17, 15) is 9.59 Å². The Morgan fingerprint density at radius 2 is 1.62 bits per heavy atom. The number of hydrogen-bond donors (Lipinski definition) is 1. The van der Waals surface area contributed by atoms with Crippen molar-refractivity contribution in [3.8, 4) is 0 Å². The molecule has 1 atom stereocenters. The van der Waals surface area contributed by atoms with Crippen LogP contribution in [0.25, 0.3) is 0 Å². The van der Waals surface area contributed by atoms with Crippen LogP contribution in [0, 0.1) is 5.92 Å². The van der Waals surface area contributed by atoms with Gasteiger partial charge in [0.2, 0.25) is 11.8 Å². The van der Waals surface area contributed by atoms with Crippen LogP contribution in [0.2, 0.25) is 5.02 Å². The highest BCUT2D eigenvalue weighted by molar-refractivity contribution is 6.30. The van der Waals surface area contributed by atoms with Gasteiger partial charge >= 0.3 is 0 Å². The number of hydrogen-bond acceptors (Lipinski definition) is 2. The quantitative estimate of drug-likeness (QED) is 0.805. The van der Waals surface area contributed by atoms with Gasteiger partial charge in [-0.25, -0.2) is 0 Å². The lowest BCUT2D eigenvalue weighted by atomic mass is 10.0. The minimum absolute atomic E-state index is 0.0514. The van der Waals surface area contributed by atoms with Crippen LogP contribution < -0.4 is 5.32 Å². The lowest BCUT2D eigenvalue weighted by molar-refractivity contribution is -0.143. The van der Waals surface area contributed by atoms with Gasteiger partial charge in [0.05, 0.1) is 0 Å². The van der Waals surface area contributed by atoms with E-state index in [0.717, 1.165) is 11.1 Å². The predicted octanol–water partition coefficient (Wildman–Crippen LogP) is 3.68. The lowest BCUT2D eigenvalue weighted by Crippen LogP contribution is -2.50. The Kier molecular flexibility index (Phi) is 7.22. The van der Waals surface area contributed by atoms with E-state index in [1.54, 1.807) is 24.1 Å². The highest BCUT2D eigenvalue weighted by Gasteiger charge is 2.30. The Balaban J connectivity index is 2.35. The first-order valence-electron chi connectivity index (χ1n) is 8.72. The first kappa shape index (κ1) is 20.0. The topological polar surface area (TPSA) is 49.4 Å². The van der Waals surface area contributed by atoms with Gasteiger partial charge in [-0.15, -0.1) is 0 Å². The molecular formula is C21H25ClN2O2. The van der Waals surface area contributed by atoms with Crippen molar-refractivity contribution < 1.29 is 9.59 Å². The molecule has 0 aliphatic rings. The predicted molar refractivity (Wildman–Crippen MR) is 105 cm³/mol. The summed E-state index contributed by atoms with van der Waals surface area (Å²) in [4.78, 5) is 27.2. The fourth-order valence-corrected chi connectivity index (χ4v) is 2.93. The molecule has 0 aliphatic carbocycles. The summed E-state index contributed by atoms with van der Waals surface area (Å²) in [5.41, 5.74) is 1.95. The van der Waals surface area contributed by atoms with Gasteiger partial charge in [-0.1, -0.05) is 67.9 Å². The summed E-state index contributed by atoms with van der Waals surface area (Å²) in [5.74, 6) is -0.425. The van der Waals surface area contributed by atoms with Gasteiger partial charge in [-0.2, -0.15) is 0 Å². The molecule has 26 heavy (non-hydrogen) atoms. The van der Waals surface area contributed by atoms with E-state index in [1.807, 2.05) is 56.3 Å². The second-order valence-corrected chi connectivity index (χ2v) is 7.00. The molecule has 0 aliphatic heterocycles. The molecule has 0 saturated carbocycles. The Morgan fingerprint density at radius 3 is 2.15 bits per heavy atom. The fraction of sp³-hybridized carbons (Fsp3) is 0.333. The van der Waals surface area contributed by atoms with Gasteiger partial charge < -0.3 is 10.2 Å². The zero-order valence-corrected chi connectivity index (χ0v) is 16.2. The van der Waals surface area contributed by atoms with Gasteiger partial charge in [-0.3, -0.25) is 9.59 Å². The third kappa shape index (κ3) is 5.33. The first-order valence-corrected chi connectivity index (χ1v) is 9.10. The van der Waals surface area contributed by atoms with Crippen molar-refractivity contribution in [1.29, 1.82) is 0 Å². The molecule has 0 fully saturated rings. The average molecular weight is 373 g/mol. The second kappa shape index (κ2) is 9.39. The molecule has 2 aromatic rings. The Bertz CT molecular complexity index is 729. The van der Waals surface area contributed by atoms with Crippen LogP contribution in [-0.2, 0) is 22.6 Å². The van der Waals surface area contributed by atoms with E-state index in [1.165, 1.54) is 0 Å². The monoisotopic (exact) mass is 372 g/mol. The number of carbonyl (C=O) groups is 2. The highest BCUT2D eigenvalue weighted by atomic mass is 35.5. The smallest absolute Gasteiger partial charge is 0.242 e. The van der Waals surface area contributed by atoms with Crippen LogP contribution in [0.5, 0.6) is 0 Å². The molecule has 0 spiro atoms. The average Bonchev–Trinajstić information content (AvgIpc) is 2.65. The van der Waals surface area contributed by atoms with Gasteiger partial charge in [0.15, 0.2) is 0 Å². The molecule has 2 amide bonds. The van der Waals surface area contributed by atoms with Crippen LogP contribution in [0.3, 0.4) is 0 Å². The van der Waals surface area contributed by atoms with Gasteiger partial charge in [0, 0.05) is 31.0 Å². The Hall–Kier alpha value is -2.33. The molecule has 0 saturated heterocycles. The maximum atomic E-state index is 12.9. The summed E-state index contributed by atoms with van der Waals surface area (Å²) < 4.78 is 0. The van der Waals surface area contributed by atoms with Crippen LogP contribution in [-0.4, -0.2) is 29.8 Å². The molecule has 0 radical (unpaired) electrons. The highest BCUT2D eigenvalue weighted by Crippen LogP contribution is 2.18. The van der Waals surface area contributed by atoms with Gasteiger partial charge in [-0.05, 0) is 23.3 Å². The van der Waals surface area contributed by atoms with E-state index in [2.05, 4.69) is 5.32 Å². The Labute approximate surface area is 160 Å². The molecule has 2 rings (SSSR count). The molecular weight excluding hydrogens is 348 g/mol. The number of amides is 2. The van der Waals surface area contributed by atoms with Crippen molar-refractivity contribution in [2.24, 2.45) is 5.92 Å². The molecule has 2 aromatic carbocycles. The Morgan fingerprint density at radius 1 is 1.00 bits per heavy atom. The summed E-state index contributed by atoms with van der Waals surface area (Å²) in [7, 11) is 1.60. The summed E-state index contributed by atoms with van der Waals surface area (Å²) in [6, 6.07) is 16.5. The fourth-order valence-electron chi connectivity index (χ4n) is 2.81. The van der Waals surface area contributed by atoms with E-state index in [0.29, 0.717) is 18.0 Å². The molecule has 0 heterocycles. The van der Waals surface area contributed by atoms with Crippen molar-refractivity contribution >= 4 is 23.4 Å². The molecule has 0 bridgehead atoms. The molecule has 0 aromatic heterocycles. The summed E-state index contributed by atoms with van der Waals surface area (Å²) in [5, 5.41) is 3.34. The summed E-state index contributed by atoms with van der Waals surface area (Å²) >= 11 is 5.96.